The summed E-state index contributed by atoms with van der Waals surface area (Å²) in [6.07, 6.45) is -0.192. The third kappa shape index (κ3) is 3.68. The summed E-state index contributed by atoms with van der Waals surface area (Å²) in [5.74, 6) is -1.20. The van der Waals surface area contributed by atoms with Gasteiger partial charge in [0.2, 0.25) is 0 Å². The number of carbonyl (C=O) groups excluding carboxylic acids is 3. The van der Waals surface area contributed by atoms with E-state index in [4.69, 9.17) is 9.47 Å². The first-order chi connectivity index (χ1) is 13.4. The van der Waals surface area contributed by atoms with Crippen LogP contribution < -0.4 is 4.74 Å². The van der Waals surface area contributed by atoms with E-state index >= 15 is 0 Å². The number of hydrogen-bond donors (Lipinski definition) is 0. The minimum atomic E-state index is -0.648. The maximum Gasteiger partial charge on any atom is 0.307 e. The van der Waals surface area contributed by atoms with Gasteiger partial charge in [0.25, 0.3) is 17.5 Å². The minimum Gasteiger partial charge on any atom is -0.496 e. The number of esters is 1. The van der Waals surface area contributed by atoms with Gasteiger partial charge in [0, 0.05) is 24.2 Å². The Bertz CT molecular complexity index is 936. The molecule has 0 N–H and O–H groups in total. The molecule has 1 heterocycles. The molecule has 1 aliphatic rings. The van der Waals surface area contributed by atoms with E-state index in [1.54, 1.807) is 24.3 Å². The fourth-order valence-electron chi connectivity index (χ4n) is 2.87. The molecule has 3 rings (SSSR count). The maximum absolute atomic E-state index is 12.3. The fraction of sp³-hybridized carbons (Fsp3) is 0.211. The minimum absolute atomic E-state index is 0.114. The topological polar surface area (TPSA) is 116 Å². The van der Waals surface area contributed by atoms with Crippen LogP contribution in [0.1, 0.15) is 32.7 Å². The summed E-state index contributed by atoms with van der Waals surface area (Å²) in [6, 6.07) is 10.4. The largest absolute Gasteiger partial charge is 0.496 e. The zero-order valence-corrected chi connectivity index (χ0v) is 14.9. The molecule has 1 aliphatic heterocycles. The van der Waals surface area contributed by atoms with Crippen molar-refractivity contribution in [3.63, 3.8) is 0 Å². The highest BCUT2D eigenvalue weighted by molar-refractivity contribution is 6.21. The van der Waals surface area contributed by atoms with E-state index in [1.165, 1.54) is 25.3 Å². The van der Waals surface area contributed by atoms with Crippen LogP contribution >= 0.6 is 0 Å². The monoisotopic (exact) mass is 384 g/mol. The van der Waals surface area contributed by atoms with Crippen LogP contribution in [0, 0.1) is 10.1 Å². The Morgan fingerprint density at radius 2 is 1.75 bits per heavy atom. The number of rotatable bonds is 7. The van der Waals surface area contributed by atoms with Gasteiger partial charge < -0.3 is 9.47 Å². The molecule has 0 aromatic heterocycles. The lowest BCUT2D eigenvalue weighted by molar-refractivity contribution is -0.385. The third-order valence-corrected chi connectivity index (χ3v) is 4.28. The average Bonchev–Trinajstić information content (AvgIpc) is 2.95. The summed E-state index contributed by atoms with van der Waals surface area (Å²) in [6.45, 7) is -0.344. The van der Waals surface area contributed by atoms with Crippen molar-refractivity contribution in [3.8, 4) is 5.75 Å². The lowest BCUT2D eigenvalue weighted by atomic mass is 10.1. The smallest absolute Gasteiger partial charge is 0.307 e. The second kappa shape index (κ2) is 7.87. The molecular formula is C19H16N2O7. The first-order valence-corrected chi connectivity index (χ1v) is 8.34. The second-order valence-electron chi connectivity index (χ2n) is 5.97. The predicted octanol–water partition coefficient (Wildman–Crippen LogP) is 2.33. The number of benzene rings is 2. The van der Waals surface area contributed by atoms with Gasteiger partial charge in [-0.1, -0.05) is 12.1 Å². The molecule has 0 bridgehead atoms. The second-order valence-corrected chi connectivity index (χ2v) is 5.97. The van der Waals surface area contributed by atoms with Crippen LogP contribution in [0.25, 0.3) is 0 Å². The van der Waals surface area contributed by atoms with Crippen molar-refractivity contribution in [1.29, 1.82) is 0 Å². The predicted molar refractivity (Wildman–Crippen MR) is 95.9 cm³/mol. The van der Waals surface area contributed by atoms with Crippen LogP contribution in [-0.4, -0.2) is 41.3 Å². The summed E-state index contributed by atoms with van der Waals surface area (Å²) in [7, 11) is 1.40. The Morgan fingerprint density at radius 3 is 2.32 bits per heavy atom. The summed E-state index contributed by atoms with van der Waals surface area (Å²) in [5, 5.41) is 10.9. The highest BCUT2D eigenvalue weighted by Crippen LogP contribution is 2.25. The molecule has 0 saturated heterocycles. The van der Waals surface area contributed by atoms with E-state index in [0.717, 1.165) is 4.90 Å². The van der Waals surface area contributed by atoms with Gasteiger partial charge in [-0.05, 0) is 18.2 Å². The van der Waals surface area contributed by atoms with E-state index < -0.39 is 22.7 Å². The van der Waals surface area contributed by atoms with Crippen molar-refractivity contribution < 1.29 is 28.8 Å². The number of non-ortho nitro benzene ring substituents is 1. The Hall–Kier alpha value is -3.75. The van der Waals surface area contributed by atoms with Gasteiger partial charge in [-0.25, -0.2) is 0 Å². The Morgan fingerprint density at radius 1 is 1.11 bits per heavy atom. The first kappa shape index (κ1) is 19.0. The number of amides is 2. The van der Waals surface area contributed by atoms with Crippen LogP contribution in [0.3, 0.4) is 0 Å². The molecule has 0 aliphatic carbocycles. The van der Waals surface area contributed by atoms with E-state index in [1.807, 2.05) is 0 Å². The molecule has 0 atom stereocenters. The highest BCUT2D eigenvalue weighted by Gasteiger charge is 2.35. The number of nitrogens with zero attached hydrogens (tertiary/aromatic N) is 2. The van der Waals surface area contributed by atoms with E-state index in [0.29, 0.717) is 22.4 Å². The number of methoxy groups -OCH3 is 1. The van der Waals surface area contributed by atoms with Gasteiger partial charge in [-0.3, -0.25) is 29.4 Å². The van der Waals surface area contributed by atoms with Crippen molar-refractivity contribution in [2.24, 2.45) is 0 Å². The molecule has 144 valence electrons. The molecule has 28 heavy (non-hydrogen) atoms. The van der Waals surface area contributed by atoms with E-state index in [9.17, 15) is 24.5 Å². The van der Waals surface area contributed by atoms with Crippen LogP contribution in [-0.2, 0) is 16.1 Å². The molecule has 0 unspecified atom stereocenters. The lowest BCUT2D eigenvalue weighted by Gasteiger charge is -2.13. The lowest BCUT2D eigenvalue weighted by Crippen LogP contribution is -2.32. The van der Waals surface area contributed by atoms with Crippen LogP contribution in [0.4, 0.5) is 5.69 Å². The highest BCUT2D eigenvalue weighted by atomic mass is 16.6. The van der Waals surface area contributed by atoms with Crippen molar-refractivity contribution >= 4 is 23.5 Å². The third-order valence-electron chi connectivity index (χ3n) is 4.28. The number of hydrogen-bond acceptors (Lipinski definition) is 7. The van der Waals surface area contributed by atoms with Gasteiger partial charge in [-0.15, -0.1) is 0 Å². The van der Waals surface area contributed by atoms with Crippen LogP contribution in [0.2, 0.25) is 0 Å². The van der Waals surface area contributed by atoms with Crippen molar-refractivity contribution in [2.45, 2.75) is 13.0 Å². The SMILES string of the molecule is COc1ccc([N+](=O)[O-])cc1COC(=O)CCN1C(=O)c2ccccc2C1=O. The molecule has 2 aromatic carbocycles. The van der Waals surface area contributed by atoms with Gasteiger partial charge in [0.05, 0.1) is 29.6 Å². The molecule has 0 radical (unpaired) electrons. The molecule has 2 amide bonds. The molecule has 9 heteroatoms. The zero-order valence-electron chi connectivity index (χ0n) is 14.9. The summed E-state index contributed by atoms with van der Waals surface area (Å²) in [5.41, 5.74) is 0.799. The standard InChI is InChI=1S/C19H16N2O7/c1-27-16-7-6-13(21(25)26)10-12(16)11-28-17(22)8-9-20-18(23)14-4-2-3-5-15(14)19(20)24/h2-7,10H,8-9,11H2,1H3. The van der Waals surface area contributed by atoms with E-state index in [2.05, 4.69) is 0 Å². The molecule has 0 fully saturated rings. The number of ether oxygens (including phenoxy) is 2. The Balaban J connectivity index is 1.59. The molecular weight excluding hydrogens is 368 g/mol. The normalized spacial score (nSPS) is 12.7. The molecule has 2 aromatic rings. The summed E-state index contributed by atoms with van der Waals surface area (Å²) >= 11 is 0. The number of imide groups is 1. The van der Waals surface area contributed by atoms with E-state index in [-0.39, 0.29) is 25.3 Å². The van der Waals surface area contributed by atoms with Crippen molar-refractivity contribution in [2.75, 3.05) is 13.7 Å². The van der Waals surface area contributed by atoms with Gasteiger partial charge >= 0.3 is 5.97 Å². The number of nitro benzene ring substituents is 1. The van der Waals surface area contributed by atoms with Crippen molar-refractivity contribution in [3.05, 3.63) is 69.3 Å². The fourth-order valence-corrected chi connectivity index (χ4v) is 2.87. The molecule has 9 nitrogen and oxygen atoms in total. The number of fused-ring (bicyclic) bond motifs is 1. The van der Waals surface area contributed by atoms with Gasteiger partial charge in [0.15, 0.2) is 0 Å². The Labute approximate surface area is 159 Å². The zero-order chi connectivity index (χ0) is 20.3. The maximum atomic E-state index is 12.3. The average molecular weight is 384 g/mol. The van der Waals surface area contributed by atoms with Crippen LogP contribution in [0.15, 0.2) is 42.5 Å². The molecule has 0 saturated carbocycles. The Kier molecular flexibility index (Phi) is 5.35. The quantitative estimate of drug-likeness (QED) is 0.311. The number of carbonyl (C=O) groups is 3. The van der Waals surface area contributed by atoms with Crippen LogP contribution in [0.5, 0.6) is 5.75 Å². The summed E-state index contributed by atoms with van der Waals surface area (Å²) in [4.78, 5) is 47.9. The van der Waals surface area contributed by atoms with Gasteiger partial charge in [-0.2, -0.15) is 0 Å². The summed E-state index contributed by atoms with van der Waals surface area (Å²) < 4.78 is 10.2. The van der Waals surface area contributed by atoms with Crippen molar-refractivity contribution in [1.82, 2.24) is 4.90 Å². The number of nitro groups is 1. The molecule has 0 spiro atoms. The van der Waals surface area contributed by atoms with Gasteiger partial charge in [0.1, 0.15) is 12.4 Å². The first-order valence-electron chi connectivity index (χ1n) is 8.34.